The first kappa shape index (κ1) is 13.4. The van der Waals surface area contributed by atoms with Crippen LogP contribution in [0.5, 0.6) is 0 Å². The van der Waals surface area contributed by atoms with Crippen LogP contribution in [-0.4, -0.2) is 15.1 Å². The van der Waals surface area contributed by atoms with Crippen LogP contribution in [0.15, 0.2) is 6.20 Å². The Kier molecular flexibility index (Phi) is 4.53. The molecule has 0 unspecified atom stereocenters. The fourth-order valence-electron chi connectivity index (χ4n) is 2.71. The Morgan fingerprint density at radius 3 is 2.47 bits per heavy atom. The number of alkyl halides is 1. The van der Waals surface area contributed by atoms with Gasteiger partial charge in [0, 0.05) is 11.9 Å². The summed E-state index contributed by atoms with van der Waals surface area (Å²) >= 11 is 9.79. The van der Waals surface area contributed by atoms with Gasteiger partial charge in [0.2, 0.25) is 0 Å². The number of halogens is 2. The normalized spacial score (nSPS) is 20.2. The molecule has 0 bridgehead atoms. The van der Waals surface area contributed by atoms with Gasteiger partial charge in [-0.15, -0.1) is 0 Å². The second kappa shape index (κ2) is 5.75. The first-order chi connectivity index (χ1) is 8.17. The molecule has 0 amide bonds. The van der Waals surface area contributed by atoms with E-state index in [-0.39, 0.29) is 0 Å². The molecule has 1 aromatic heterocycles. The van der Waals surface area contributed by atoms with Crippen molar-refractivity contribution in [1.29, 1.82) is 0 Å². The van der Waals surface area contributed by atoms with Crippen molar-refractivity contribution >= 4 is 27.5 Å². The minimum absolute atomic E-state index is 0.372. The van der Waals surface area contributed by atoms with Crippen LogP contribution < -0.4 is 0 Å². The standard InChI is InChI=1S/C13H20BrClN2/c1-11-12(15)8-16-17(11)10-13(9-14)6-4-2-3-5-7-13/h8H,2-7,9-10H2,1H3. The minimum Gasteiger partial charge on any atom is -0.268 e. The maximum absolute atomic E-state index is 6.07. The average Bonchev–Trinajstić information content (AvgIpc) is 2.59. The highest BCUT2D eigenvalue weighted by Crippen LogP contribution is 2.38. The molecule has 0 atom stereocenters. The third kappa shape index (κ3) is 3.05. The lowest BCUT2D eigenvalue weighted by Crippen LogP contribution is -2.29. The molecule has 0 aromatic carbocycles. The van der Waals surface area contributed by atoms with Crippen molar-refractivity contribution in [3.8, 4) is 0 Å². The van der Waals surface area contributed by atoms with E-state index < -0.39 is 0 Å². The van der Waals surface area contributed by atoms with Crippen molar-refractivity contribution in [3.05, 3.63) is 16.9 Å². The number of hydrogen-bond acceptors (Lipinski definition) is 1. The number of hydrogen-bond donors (Lipinski definition) is 0. The van der Waals surface area contributed by atoms with E-state index in [9.17, 15) is 0 Å². The highest BCUT2D eigenvalue weighted by molar-refractivity contribution is 9.09. The van der Waals surface area contributed by atoms with Gasteiger partial charge in [-0.3, -0.25) is 4.68 Å². The number of rotatable bonds is 3. The van der Waals surface area contributed by atoms with E-state index in [2.05, 4.69) is 25.7 Å². The van der Waals surface area contributed by atoms with E-state index >= 15 is 0 Å². The second-order valence-electron chi connectivity index (χ2n) is 5.28. The first-order valence-electron chi connectivity index (χ1n) is 6.41. The van der Waals surface area contributed by atoms with Crippen molar-refractivity contribution in [2.45, 2.75) is 52.0 Å². The molecule has 1 saturated carbocycles. The topological polar surface area (TPSA) is 17.8 Å². The zero-order valence-corrected chi connectivity index (χ0v) is 12.7. The van der Waals surface area contributed by atoms with E-state index in [0.717, 1.165) is 22.6 Å². The summed E-state index contributed by atoms with van der Waals surface area (Å²) in [7, 11) is 0. The molecule has 0 saturated heterocycles. The van der Waals surface area contributed by atoms with Gasteiger partial charge >= 0.3 is 0 Å². The summed E-state index contributed by atoms with van der Waals surface area (Å²) in [5, 5.41) is 6.24. The van der Waals surface area contributed by atoms with Crippen molar-refractivity contribution < 1.29 is 0 Å². The molecule has 0 radical (unpaired) electrons. The Labute approximate surface area is 117 Å². The molecule has 1 heterocycles. The summed E-state index contributed by atoms with van der Waals surface area (Å²) in [5.74, 6) is 0. The molecule has 0 N–H and O–H groups in total. The molecule has 2 nitrogen and oxygen atoms in total. The molecule has 1 aliphatic rings. The Morgan fingerprint density at radius 2 is 2.00 bits per heavy atom. The molecule has 0 aliphatic heterocycles. The van der Waals surface area contributed by atoms with Gasteiger partial charge in [-0.05, 0) is 25.2 Å². The third-order valence-corrected chi connectivity index (χ3v) is 5.54. The predicted octanol–water partition coefficient (Wildman–Crippen LogP) is 4.58. The number of nitrogens with zero attached hydrogens (tertiary/aromatic N) is 2. The summed E-state index contributed by atoms with van der Waals surface area (Å²) in [6.45, 7) is 3.05. The van der Waals surface area contributed by atoms with Crippen LogP contribution in [0.25, 0.3) is 0 Å². The van der Waals surface area contributed by atoms with Gasteiger partial charge in [0.05, 0.1) is 16.9 Å². The fourth-order valence-corrected chi connectivity index (χ4v) is 3.59. The minimum atomic E-state index is 0.372. The Hall–Kier alpha value is -0.0200. The highest BCUT2D eigenvalue weighted by Gasteiger charge is 2.31. The van der Waals surface area contributed by atoms with Crippen LogP contribution in [0, 0.1) is 12.3 Å². The summed E-state index contributed by atoms with van der Waals surface area (Å²) in [6, 6.07) is 0. The summed E-state index contributed by atoms with van der Waals surface area (Å²) < 4.78 is 2.08. The first-order valence-corrected chi connectivity index (χ1v) is 7.91. The van der Waals surface area contributed by atoms with E-state index in [1.165, 1.54) is 38.5 Å². The molecule has 2 rings (SSSR count). The Balaban J connectivity index is 2.15. The summed E-state index contributed by atoms with van der Waals surface area (Å²) in [4.78, 5) is 0. The summed E-state index contributed by atoms with van der Waals surface area (Å²) in [5.41, 5.74) is 1.47. The van der Waals surface area contributed by atoms with Gasteiger partial charge in [-0.25, -0.2) is 0 Å². The van der Waals surface area contributed by atoms with Gasteiger partial charge < -0.3 is 0 Å². The quantitative estimate of drug-likeness (QED) is 0.589. The van der Waals surface area contributed by atoms with Gasteiger partial charge in [0.25, 0.3) is 0 Å². The predicted molar refractivity (Wildman–Crippen MR) is 75.9 cm³/mol. The molecule has 1 fully saturated rings. The second-order valence-corrected chi connectivity index (χ2v) is 6.25. The molecule has 17 heavy (non-hydrogen) atoms. The maximum atomic E-state index is 6.07. The molecule has 96 valence electrons. The zero-order valence-electron chi connectivity index (χ0n) is 10.4. The average molecular weight is 320 g/mol. The zero-order chi connectivity index (χ0) is 12.3. The summed E-state index contributed by atoms with van der Waals surface area (Å²) in [6.07, 6.45) is 9.82. The number of aromatic nitrogens is 2. The van der Waals surface area contributed by atoms with E-state index in [1.54, 1.807) is 6.20 Å². The smallest absolute Gasteiger partial charge is 0.0814 e. The van der Waals surface area contributed by atoms with E-state index in [0.29, 0.717) is 5.41 Å². The third-order valence-electron chi connectivity index (χ3n) is 3.98. The van der Waals surface area contributed by atoms with Gasteiger partial charge in [-0.2, -0.15) is 5.10 Å². The van der Waals surface area contributed by atoms with Crippen molar-refractivity contribution in [2.75, 3.05) is 5.33 Å². The Bertz CT molecular complexity index is 367. The SMILES string of the molecule is Cc1c(Cl)cnn1CC1(CBr)CCCCCC1. The van der Waals surface area contributed by atoms with Gasteiger partial charge in [-0.1, -0.05) is 53.2 Å². The van der Waals surface area contributed by atoms with Gasteiger partial charge in [0.15, 0.2) is 0 Å². The Morgan fingerprint density at radius 1 is 1.35 bits per heavy atom. The van der Waals surface area contributed by atoms with Crippen LogP contribution in [0.4, 0.5) is 0 Å². The largest absolute Gasteiger partial charge is 0.268 e. The highest BCUT2D eigenvalue weighted by atomic mass is 79.9. The fraction of sp³-hybridized carbons (Fsp3) is 0.769. The van der Waals surface area contributed by atoms with Crippen LogP contribution in [0.1, 0.15) is 44.2 Å². The molecule has 1 aliphatic carbocycles. The monoisotopic (exact) mass is 318 g/mol. The van der Waals surface area contributed by atoms with Crippen LogP contribution in [0.3, 0.4) is 0 Å². The molecule has 1 aromatic rings. The maximum Gasteiger partial charge on any atom is 0.0814 e. The van der Waals surface area contributed by atoms with Crippen molar-refractivity contribution in [3.63, 3.8) is 0 Å². The van der Waals surface area contributed by atoms with E-state index in [4.69, 9.17) is 11.6 Å². The molecule has 4 heteroatoms. The van der Waals surface area contributed by atoms with E-state index in [1.807, 2.05) is 6.92 Å². The van der Waals surface area contributed by atoms with Gasteiger partial charge in [0.1, 0.15) is 0 Å². The lowest BCUT2D eigenvalue weighted by Gasteiger charge is -2.31. The van der Waals surface area contributed by atoms with Crippen molar-refractivity contribution in [2.24, 2.45) is 5.41 Å². The molecular formula is C13H20BrClN2. The van der Waals surface area contributed by atoms with Crippen LogP contribution in [-0.2, 0) is 6.54 Å². The lowest BCUT2D eigenvalue weighted by molar-refractivity contribution is 0.230. The van der Waals surface area contributed by atoms with Crippen LogP contribution in [0.2, 0.25) is 5.02 Å². The van der Waals surface area contributed by atoms with Crippen molar-refractivity contribution in [1.82, 2.24) is 9.78 Å². The molecule has 0 spiro atoms. The lowest BCUT2D eigenvalue weighted by atomic mass is 9.82. The molecular weight excluding hydrogens is 300 g/mol. The van der Waals surface area contributed by atoms with Crippen LogP contribution >= 0.6 is 27.5 Å².